The zero-order valence-corrected chi connectivity index (χ0v) is 42.2. The molecule has 0 radical (unpaired) electrons. The van der Waals surface area contributed by atoms with Crippen molar-refractivity contribution >= 4 is 0 Å². The molecular weight excluding hydrogens is 1100 g/mol. The van der Waals surface area contributed by atoms with Crippen LogP contribution in [-0.4, -0.2) is 376 Å². The van der Waals surface area contributed by atoms with Gasteiger partial charge in [-0.25, -0.2) is 0 Å². The first-order chi connectivity index (χ1) is 38.2. The second-order valence-electron chi connectivity index (χ2n) is 20.3. The number of fused-ring (bicyclic) bond motifs is 7. The maximum absolute atomic E-state index is 11.8. The third kappa shape index (κ3) is 12.8. The first kappa shape index (κ1) is 64.6. The Morgan fingerprint density at radius 2 is 0.412 bits per heavy atom. The van der Waals surface area contributed by atoms with Gasteiger partial charge in [-0.15, -0.1) is 0 Å². The molecule has 15 saturated heterocycles. The molecule has 22 N–H and O–H groups in total. The lowest BCUT2D eigenvalue weighted by Crippen LogP contribution is -2.68. The summed E-state index contributed by atoms with van der Waals surface area (Å²) in [5.74, 6) is 0. The van der Waals surface area contributed by atoms with E-state index in [1.165, 1.54) is 0 Å². The minimum absolute atomic E-state index is 0.184. The van der Waals surface area contributed by atoms with Crippen LogP contribution >= 0.6 is 0 Å². The van der Waals surface area contributed by atoms with Crippen LogP contribution in [0, 0.1) is 0 Å². The second kappa shape index (κ2) is 27.9. The Hall–Kier alpha value is -1.44. The van der Waals surface area contributed by atoms with Crippen molar-refractivity contribution in [1.29, 1.82) is 0 Å². The Labute approximate surface area is 452 Å². The summed E-state index contributed by atoms with van der Waals surface area (Å²) >= 11 is 0. The molecule has 80 heavy (non-hydrogen) atoms. The van der Waals surface area contributed by atoms with Crippen LogP contribution in [0.2, 0.25) is 0 Å². The van der Waals surface area contributed by atoms with E-state index in [0.29, 0.717) is 0 Å². The predicted molar refractivity (Wildman–Crippen MR) is 241 cm³/mol. The zero-order chi connectivity index (χ0) is 58.2. The zero-order valence-electron chi connectivity index (χ0n) is 42.2. The molecule has 15 fully saturated rings. The Morgan fingerprint density at radius 3 is 0.600 bits per heavy atom. The van der Waals surface area contributed by atoms with Crippen molar-refractivity contribution in [3.8, 4) is 0 Å². The van der Waals surface area contributed by atoms with Gasteiger partial charge in [-0.1, -0.05) is 0 Å². The normalized spacial score (nSPS) is 53.7. The molecule has 0 spiro atoms. The molecule has 15 aliphatic heterocycles. The van der Waals surface area contributed by atoms with Crippen LogP contribution in [0.15, 0.2) is 0 Å². The maximum Gasteiger partial charge on any atom is 0.187 e. The molecule has 0 saturated carbocycles. The molecule has 0 amide bonds. The SMILES string of the molecule is NCCO[C@H]1[C@H]2O[C@H]3[C@@H](O)[C@H](O)[C@@H](O[C@H]4[C@@H](O)[C@H](O)[C@@H](O[C@H]5[C@@H](O)[C@@H](O)[C@@H](O[C@H]6[C@H](O)[C@@H](O)[C@@H](O[C@H]7[C@H](O)[C@@H](O)[C@@H](O[C@H]8[C@H](O)[C@@H](O)[C@@H](O[C@@H]([C@@H]1O)[C@@H](CO)O2)O[C@@H]8CO)O[C@@H]7CO)O[C@@H]6CO)O[C@@H]5CO)O[C@@H]4CO)O[C@@H]3CO. The van der Waals surface area contributed by atoms with Crippen LogP contribution < -0.4 is 5.73 Å². The van der Waals surface area contributed by atoms with Crippen LogP contribution in [-0.2, 0) is 71.1 Å². The molecule has 0 unspecified atom stereocenters. The van der Waals surface area contributed by atoms with Crippen molar-refractivity contribution in [2.75, 3.05) is 59.4 Å². The van der Waals surface area contributed by atoms with E-state index in [2.05, 4.69) is 0 Å². The number of hydrogen-bond acceptors (Lipinski definition) is 36. The van der Waals surface area contributed by atoms with E-state index in [0.717, 1.165) is 0 Å². The monoisotopic (exact) mass is 1180 g/mol. The molecule has 15 heterocycles. The molecule has 0 aromatic carbocycles. The fourth-order valence-electron chi connectivity index (χ4n) is 10.8. The van der Waals surface area contributed by atoms with Crippen LogP contribution in [0.5, 0.6) is 0 Å². The smallest absolute Gasteiger partial charge is 0.187 e. The lowest BCUT2D eigenvalue weighted by molar-refractivity contribution is -0.398. The standard InChI is InChI=1S/C44H75NO35/c45-1-2-66-37-29(65)36-16(9-52)73-44(37)80-35-15(8-51)72-42(28(64)22(35)58)78-33-13(6-49)70-40(26(62)20(33)56)76-31-11(4-47)68-38(24(60)18(31)54)74-30-10(3-46)67-39(23(59)17(30)53)75-32-12(5-48)69-41(25(61)19(32)55)77-34-14(7-50)71-43(79-36)27(63)21(34)57/h10-44,46-65H,1-9,45H2/t10-,11-,12-,13-,14-,15-,16-,17-,18+,19-,20+,21-,22+,23-,24-,25-,26+,27-,28+,29+,30-,31-,32-,33-,34-,35-,36-,37-,38-,39-,40-,41-,42-,43-,44-/m1/s1. The number of rotatable bonds is 10. The van der Waals surface area contributed by atoms with Crippen molar-refractivity contribution in [2.45, 2.75) is 215 Å². The molecule has 36 heteroatoms. The highest BCUT2D eigenvalue weighted by Gasteiger charge is 2.60. The molecule has 0 aliphatic carbocycles. The van der Waals surface area contributed by atoms with E-state index in [9.17, 15) is 102 Å². The Balaban J connectivity index is 1.09. The van der Waals surface area contributed by atoms with Crippen molar-refractivity contribution in [1.82, 2.24) is 0 Å². The Kier molecular flexibility index (Phi) is 22.5. The van der Waals surface area contributed by atoms with Gasteiger partial charge in [0.2, 0.25) is 0 Å². The van der Waals surface area contributed by atoms with Crippen molar-refractivity contribution in [3.63, 3.8) is 0 Å². The lowest BCUT2D eigenvalue weighted by Gasteiger charge is -2.50. The van der Waals surface area contributed by atoms with Gasteiger partial charge in [-0.2, -0.15) is 0 Å². The van der Waals surface area contributed by atoms with Gasteiger partial charge in [0.05, 0.1) is 52.9 Å². The second-order valence-corrected chi connectivity index (χ2v) is 20.3. The summed E-state index contributed by atoms with van der Waals surface area (Å²) in [7, 11) is 0. The summed E-state index contributed by atoms with van der Waals surface area (Å²) < 4.78 is 86.5. The molecule has 14 bridgehead atoms. The van der Waals surface area contributed by atoms with Crippen LogP contribution in [0.4, 0.5) is 0 Å². The Bertz CT molecular complexity index is 1880. The summed E-state index contributed by atoms with van der Waals surface area (Å²) in [5.41, 5.74) is 5.68. The van der Waals surface area contributed by atoms with E-state index < -0.39 is 261 Å². The van der Waals surface area contributed by atoms with Crippen molar-refractivity contribution in [3.05, 3.63) is 0 Å². The highest BCUT2D eigenvalue weighted by atomic mass is 16.8. The van der Waals surface area contributed by atoms with Gasteiger partial charge in [0.25, 0.3) is 0 Å². The number of hydrogen-bond donors (Lipinski definition) is 21. The Morgan fingerprint density at radius 1 is 0.237 bits per heavy atom. The molecular formula is C44H75NO35. The maximum atomic E-state index is 11.8. The lowest BCUT2D eigenvalue weighted by atomic mass is 9.95. The minimum Gasteiger partial charge on any atom is -0.394 e. The van der Waals surface area contributed by atoms with Crippen molar-refractivity contribution < 1.29 is 173 Å². The first-order valence-electron chi connectivity index (χ1n) is 25.8. The summed E-state index contributed by atoms with van der Waals surface area (Å²) in [5, 5.41) is 221. The molecule has 35 atom stereocenters. The topological polar surface area (TPSA) is 569 Å². The summed E-state index contributed by atoms with van der Waals surface area (Å²) in [4.78, 5) is 0. The summed E-state index contributed by atoms with van der Waals surface area (Å²) in [6.07, 6.45) is -69.0. The number of nitrogens with two attached hydrogens (primary N) is 1. The third-order valence-corrected chi connectivity index (χ3v) is 15.2. The van der Waals surface area contributed by atoms with Gasteiger partial charge < -0.3 is 179 Å². The molecule has 0 aromatic rings. The van der Waals surface area contributed by atoms with E-state index in [-0.39, 0.29) is 13.2 Å². The predicted octanol–water partition coefficient (Wildman–Crippen LogP) is -15.2. The van der Waals surface area contributed by atoms with Gasteiger partial charge in [0.1, 0.15) is 171 Å². The average molecular weight is 1180 g/mol. The summed E-state index contributed by atoms with van der Waals surface area (Å²) in [6.45, 7) is -7.75. The number of aliphatic hydroxyl groups excluding tert-OH is 20. The number of aliphatic hydroxyl groups is 20. The third-order valence-electron chi connectivity index (χ3n) is 15.2. The molecule has 36 nitrogen and oxygen atoms in total. The average Bonchev–Trinajstić information content (AvgIpc) is 3.54. The van der Waals surface area contributed by atoms with Gasteiger partial charge >= 0.3 is 0 Å². The number of ether oxygens (including phenoxy) is 15. The first-order valence-corrected chi connectivity index (χ1v) is 25.8. The van der Waals surface area contributed by atoms with Gasteiger partial charge in [0, 0.05) is 6.54 Å². The van der Waals surface area contributed by atoms with E-state index >= 15 is 0 Å². The van der Waals surface area contributed by atoms with Crippen LogP contribution in [0.25, 0.3) is 0 Å². The van der Waals surface area contributed by atoms with Gasteiger partial charge in [0.15, 0.2) is 44.0 Å². The fraction of sp³-hybridized carbons (Fsp3) is 1.00. The highest BCUT2D eigenvalue weighted by Crippen LogP contribution is 2.39. The van der Waals surface area contributed by atoms with Gasteiger partial charge in [-0.05, 0) is 0 Å². The highest BCUT2D eigenvalue weighted by molar-refractivity contribution is 5.02. The fourth-order valence-corrected chi connectivity index (χ4v) is 10.8. The molecule has 0 aromatic heterocycles. The van der Waals surface area contributed by atoms with Crippen molar-refractivity contribution in [2.24, 2.45) is 5.73 Å². The van der Waals surface area contributed by atoms with Gasteiger partial charge in [-0.3, -0.25) is 0 Å². The van der Waals surface area contributed by atoms with Crippen LogP contribution in [0.3, 0.4) is 0 Å². The van der Waals surface area contributed by atoms with E-state index in [4.69, 9.17) is 76.8 Å². The molecule has 15 aliphatic rings. The summed E-state index contributed by atoms with van der Waals surface area (Å²) in [6, 6.07) is 0. The van der Waals surface area contributed by atoms with E-state index in [1.807, 2.05) is 0 Å². The molecule has 15 rings (SSSR count). The molecule has 466 valence electrons. The minimum atomic E-state index is -2.21. The van der Waals surface area contributed by atoms with E-state index in [1.54, 1.807) is 0 Å². The largest absolute Gasteiger partial charge is 0.394 e. The van der Waals surface area contributed by atoms with Crippen LogP contribution in [0.1, 0.15) is 0 Å². The quantitative estimate of drug-likeness (QED) is 0.0966.